The van der Waals surface area contributed by atoms with Crippen molar-refractivity contribution in [2.24, 2.45) is 5.92 Å². The summed E-state index contributed by atoms with van der Waals surface area (Å²) in [4.78, 5) is 72.5. The van der Waals surface area contributed by atoms with Gasteiger partial charge in [0.05, 0.1) is 37.6 Å². The lowest BCUT2D eigenvalue weighted by molar-refractivity contribution is -0.141. The molecule has 2 heterocycles. The van der Waals surface area contributed by atoms with Gasteiger partial charge < -0.3 is 33.2 Å². The molecule has 0 atom stereocenters. The Hall–Kier alpha value is -4.52. The third-order valence-corrected chi connectivity index (χ3v) is 14.3. The Morgan fingerprint density at radius 3 is 1.48 bits per heavy atom. The van der Waals surface area contributed by atoms with Gasteiger partial charge in [-0.3, -0.25) is 4.79 Å². The van der Waals surface area contributed by atoms with Crippen LogP contribution < -0.4 is 0 Å². The van der Waals surface area contributed by atoms with Crippen LogP contribution in [0.2, 0.25) is 0 Å². The van der Waals surface area contributed by atoms with Gasteiger partial charge >= 0.3 is 29.8 Å². The van der Waals surface area contributed by atoms with E-state index < -0.39 is 29.8 Å². The van der Waals surface area contributed by atoms with Crippen LogP contribution in [-0.4, -0.2) is 127 Å². The molecule has 0 amide bonds. The lowest BCUT2D eigenvalue weighted by atomic mass is 9.97. The Bertz CT molecular complexity index is 2070. The number of thioether (sulfide) groups is 4. The number of carbonyl (C=O) groups is 6. The van der Waals surface area contributed by atoms with Crippen molar-refractivity contribution < 1.29 is 61.9 Å². The van der Waals surface area contributed by atoms with Gasteiger partial charge in [0.15, 0.2) is 5.78 Å². The fourth-order valence-corrected chi connectivity index (χ4v) is 10.4. The summed E-state index contributed by atoms with van der Waals surface area (Å²) >= 11 is 7.05. The van der Waals surface area contributed by atoms with Crippen LogP contribution in [-0.2, 0) is 60.8 Å². The van der Waals surface area contributed by atoms with Crippen molar-refractivity contribution in [1.82, 2.24) is 0 Å². The van der Waals surface area contributed by atoms with Crippen molar-refractivity contribution in [3.05, 3.63) is 131 Å². The van der Waals surface area contributed by atoms with Gasteiger partial charge in [0, 0.05) is 63.2 Å². The van der Waals surface area contributed by atoms with Crippen LogP contribution in [0.15, 0.2) is 103 Å². The molecular formula is C50H62O13S4. The van der Waals surface area contributed by atoms with E-state index in [1.54, 1.807) is 49.5 Å². The Kier molecular flexibility index (Phi) is 26.7. The predicted octanol–water partition coefficient (Wildman–Crippen LogP) is 8.71. The number of esters is 5. The molecule has 2 fully saturated rings. The Morgan fingerprint density at radius 2 is 0.985 bits per heavy atom. The molecule has 0 aromatic heterocycles. The SMILES string of the molecule is C=C1CSCC(CC(=O)c2ccc(COCCOC(=O)C(=C)C)c(COCCOC(=O)C(=C)C)c2)CSC1.C=C1CSCC(OC(=O)c2ccccc2C(=O)OCCOC(=O)C(=C)C)CSC1. The lowest BCUT2D eigenvalue weighted by Gasteiger charge is -2.21. The molecule has 0 radical (unpaired) electrons. The first-order valence-electron chi connectivity index (χ1n) is 21.4. The van der Waals surface area contributed by atoms with E-state index in [1.807, 2.05) is 41.7 Å². The molecule has 0 N–H and O–H groups in total. The number of rotatable bonds is 22. The number of ketones is 1. The summed E-state index contributed by atoms with van der Waals surface area (Å²) in [6.07, 6.45) is 0.254. The first-order valence-corrected chi connectivity index (χ1v) is 26.1. The van der Waals surface area contributed by atoms with E-state index >= 15 is 0 Å². The average molecular weight is 999 g/mol. The zero-order chi connectivity index (χ0) is 49.1. The number of Topliss-reactive ketones (excluding diaryl/α,β-unsaturated/α-hetero) is 1. The molecule has 67 heavy (non-hydrogen) atoms. The average Bonchev–Trinajstić information content (AvgIpc) is 3.28. The van der Waals surface area contributed by atoms with Crippen LogP contribution in [0, 0.1) is 5.92 Å². The van der Waals surface area contributed by atoms with Crippen LogP contribution >= 0.6 is 47.0 Å². The van der Waals surface area contributed by atoms with E-state index in [1.165, 1.54) is 30.2 Å². The third kappa shape index (κ3) is 22.4. The van der Waals surface area contributed by atoms with Crippen LogP contribution in [0.5, 0.6) is 0 Å². The van der Waals surface area contributed by atoms with Gasteiger partial charge in [0.2, 0.25) is 0 Å². The summed E-state index contributed by atoms with van der Waals surface area (Å²) < 4.78 is 37.2. The highest BCUT2D eigenvalue weighted by Crippen LogP contribution is 2.27. The minimum absolute atomic E-state index is 0.0914. The molecule has 0 spiro atoms. The van der Waals surface area contributed by atoms with Crippen molar-refractivity contribution in [2.75, 3.05) is 85.7 Å². The second kappa shape index (κ2) is 31.5. The highest BCUT2D eigenvalue weighted by Gasteiger charge is 2.24. The third-order valence-electron chi connectivity index (χ3n) is 9.21. The summed E-state index contributed by atoms with van der Waals surface area (Å²) in [5, 5.41) is 0. The fourth-order valence-electron chi connectivity index (χ4n) is 5.75. The number of benzene rings is 2. The molecular weight excluding hydrogens is 937 g/mol. The van der Waals surface area contributed by atoms with Crippen LogP contribution in [0.3, 0.4) is 0 Å². The quantitative estimate of drug-likeness (QED) is 0.0274. The molecule has 2 aliphatic heterocycles. The molecule has 2 aliphatic rings. The van der Waals surface area contributed by atoms with Gasteiger partial charge in [-0.15, -0.1) is 0 Å². The van der Waals surface area contributed by atoms with Crippen LogP contribution in [0.1, 0.15) is 69.4 Å². The van der Waals surface area contributed by atoms with Gasteiger partial charge in [0.1, 0.15) is 32.5 Å². The van der Waals surface area contributed by atoms with Gasteiger partial charge in [-0.25, -0.2) is 24.0 Å². The molecule has 0 bridgehead atoms. The summed E-state index contributed by atoms with van der Waals surface area (Å²) in [5.41, 5.74) is 5.93. The fraction of sp³-hybridized carbons (Fsp3) is 0.440. The summed E-state index contributed by atoms with van der Waals surface area (Å²) in [5.74, 6) is 4.55. The zero-order valence-corrected chi connectivity index (χ0v) is 42.0. The highest BCUT2D eigenvalue weighted by molar-refractivity contribution is 8.01. The van der Waals surface area contributed by atoms with Gasteiger partial charge in [-0.1, -0.05) is 68.3 Å². The van der Waals surface area contributed by atoms with E-state index in [4.69, 9.17) is 33.2 Å². The number of hydrogen-bond donors (Lipinski definition) is 0. The maximum Gasteiger partial charge on any atom is 0.339 e. The molecule has 17 heteroatoms. The predicted molar refractivity (Wildman–Crippen MR) is 269 cm³/mol. The van der Waals surface area contributed by atoms with E-state index in [-0.39, 0.29) is 81.4 Å². The Labute approximate surface area is 411 Å². The van der Waals surface area contributed by atoms with E-state index in [0.717, 1.165) is 45.6 Å². The monoisotopic (exact) mass is 998 g/mol. The second-order valence-electron chi connectivity index (χ2n) is 15.6. The summed E-state index contributed by atoms with van der Waals surface area (Å²) in [7, 11) is 0. The van der Waals surface area contributed by atoms with Crippen molar-refractivity contribution in [1.29, 1.82) is 0 Å². The molecule has 2 aromatic rings. The van der Waals surface area contributed by atoms with Gasteiger partial charge in [-0.05, 0) is 67.5 Å². The number of hydrogen-bond acceptors (Lipinski definition) is 17. The Morgan fingerprint density at radius 1 is 0.552 bits per heavy atom. The largest absolute Gasteiger partial charge is 0.460 e. The summed E-state index contributed by atoms with van der Waals surface area (Å²) in [6, 6.07) is 11.9. The Balaban J connectivity index is 0.000000368. The van der Waals surface area contributed by atoms with Crippen molar-refractivity contribution in [3.63, 3.8) is 0 Å². The molecule has 13 nitrogen and oxygen atoms in total. The second-order valence-corrected chi connectivity index (χ2v) is 19.7. The molecule has 0 saturated carbocycles. The molecule has 2 aromatic carbocycles. The molecule has 2 saturated heterocycles. The van der Waals surface area contributed by atoms with Crippen molar-refractivity contribution >= 4 is 82.7 Å². The van der Waals surface area contributed by atoms with Crippen LogP contribution in [0.4, 0.5) is 0 Å². The maximum absolute atomic E-state index is 13.1. The highest BCUT2D eigenvalue weighted by atomic mass is 32.2. The zero-order valence-electron chi connectivity index (χ0n) is 38.7. The minimum Gasteiger partial charge on any atom is -0.460 e. The lowest BCUT2D eigenvalue weighted by Crippen LogP contribution is -2.26. The minimum atomic E-state index is -0.679. The molecule has 364 valence electrons. The van der Waals surface area contributed by atoms with E-state index in [9.17, 15) is 28.8 Å². The maximum atomic E-state index is 13.1. The van der Waals surface area contributed by atoms with E-state index in [2.05, 4.69) is 32.9 Å². The molecule has 4 rings (SSSR count). The number of ether oxygens (including phenoxy) is 7. The van der Waals surface area contributed by atoms with Crippen LogP contribution in [0.25, 0.3) is 0 Å². The van der Waals surface area contributed by atoms with Gasteiger partial charge in [-0.2, -0.15) is 47.0 Å². The normalized spacial score (nSPS) is 14.6. The first kappa shape index (κ1) is 56.8. The summed E-state index contributed by atoms with van der Waals surface area (Å²) in [6.45, 7) is 24.3. The van der Waals surface area contributed by atoms with Crippen molar-refractivity contribution in [3.8, 4) is 0 Å². The smallest absolute Gasteiger partial charge is 0.339 e. The topological polar surface area (TPSA) is 167 Å². The molecule has 0 unspecified atom stereocenters. The van der Waals surface area contributed by atoms with Crippen molar-refractivity contribution in [2.45, 2.75) is 46.5 Å². The standard InChI is InChI=1S/C29H38O7S2.C21H24O6S2/c1-20(2)28(31)35-10-8-33-14-25-7-6-24(13-26(25)15-34-9-11-36-29(32)21(3)4)27(30)12-23-18-37-16-22(5)17-38-19-23;1-14(2)19(22)25-8-9-26-20(23)17-6-4-5-7-18(17)21(24)27-16-12-28-10-15(3)11-29-13-16/h6-7,13,23H,1,3,5,8-12,14-19H2,2,4H3;4-7,16H,1,3,8-13H2,2H3. The first-order chi connectivity index (χ1) is 32.0. The van der Waals surface area contributed by atoms with E-state index in [0.29, 0.717) is 40.6 Å². The van der Waals surface area contributed by atoms with Gasteiger partial charge in [0.25, 0.3) is 0 Å². The number of carbonyl (C=O) groups excluding carboxylic acids is 6. The molecule has 0 aliphatic carbocycles.